The second-order valence-corrected chi connectivity index (χ2v) is 8.51. The standard InChI is InChI=1S/C22H21NO5S/c1-22(2,3)15-8-6-14(7-9-15)16(24)13-28-21(26)18-10-11-19(29-18)23-20(25)17-5-4-12-27-17/h4-12H,13H2,1-3H3,(H,23,25). The summed E-state index contributed by atoms with van der Waals surface area (Å²) in [7, 11) is 0. The molecule has 0 aliphatic rings. The minimum absolute atomic E-state index is 0.00270. The fourth-order valence-corrected chi connectivity index (χ4v) is 3.33. The summed E-state index contributed by atoms with van der Waals surface area (Å²) in [6.07, 6.45) is 1.40. The number of furan rings is 1. The smallest absolute Gasteiger partial charge is 0.348 e. The van der Waals surface area contributed by atoms with Gasteiger partial charge in [0.05, 0.1) is 11.3 Å². The summed E-state index contributed by atoms with van der Waals surface area (Å²) >= 11 is 1.06. The molecule has 0 aliphatic heterocycles. The molecule has 29 heavy (non-hydrogen) atoms. The quantitative estimate of drug-likeness (QED) is 0.459. The van der Waals surface area contributed by atoms with E-state index in [1.165, 1.54) is 18.4 Å². The average molecular weight is 411 g/mol. The van der Waals surface area contributed by atoms with Crippen molar-refractivity contribution >= 4 is 34.0 Å². The highest BCUT2D eigenvalue weighted by atomic mass is 32.1. The third-order valence-electron chi connectivity index (χ3n) is 4.20. The monoisotopic (exact) mass is 411 g/mol. The number of carbonyl (C=O) groups excluding carboxylic acids is 3. The van der Waals surface area contributed by atoms with E-state index in [-0.39, 0.29) is 28.4 Å². The van der Waals surface area contributed by atoms with Crippen LogP contribution in [0, 0.1) is 0 Å². The summed E-state index contributed by atoms with van der Waals surface area (Å²) in [4.78, 5) is 36.7. The van der Waals surface area contributed by atoms with Crippen molar-refractivity contribution in [1.29, 1.82) is 0 Å². The molecule has 1 amide bonds. The molecule has 0 aliphatic carbocycles. The largest absolute Gasteiger partial charge is 0.459 e. The van der Waals surface area contributed by atoms with Gasteiger partial charge in [0, 0.05) is 5.56 Å². The number of hydrogen-bond donors (Lipinski definition) is 1. The highest BCUT2D eigenvalue weighted by Gasteiger charge is 2.17. The molecule has 2 aromatic heterocycles. The number of benzene rings is 1. The number of thiophene rings is 1. The average Bonchev–Trinajstić information content (AvgIpc) is 3.37. The van der Waals surface area contributed by atoms with Crippen LogP contribution < -0.4 is 5.32 Å². The molecule has 0 radical (unpaired) electrons. The molecule has 1 aromatic carbocycles. The van der Waals surface area contributed by atoms with Crippen LogP contribution >= 0.6 is 11.3 Å². The van der Waals surface area contributed by atoms with E-state index in [0.29, 0.717) is 10.6 Å². The van der Waals surface area contributed by atoms with Gasteiger partial charge in [0.25, 0.3) is 5.91 Å². The molecule has 3 rings (SSSR count). The number of Topliss-reactive ketones (excluding diaryl/α,β-unsaturated/α-hetero) is 1. The third kappa shape index (κ3) is 5.20. The van der Waals surface area contributed by atoms with Crippen LogP contribution in [0.15, 0.2) is 59.2 Å². The Labute approximate surface area is 172 Å². The van der Waals surface area contributed by atoms with Crippen molar-refractivity contribution in [3.63, 3.8) is 0 Å². The van der Waals surface area contributed by atoms with Crippen LogP contribution in [0.25, 0.3) is 0 Å². The molecule has 0 saturated carbocycles. The minimum atomic E-state index is -0.617. The van der Waals surface area contributed by atoms with Crippen molar-refractivity contribution < 1.29 is 23.5 Å². The van der Waals surface area contributed by atoms with Crippen molar-refractivity contribution in [1.82, 2.24) is 0 Å². The maximum Gasteiger partial charge on any atom is 0.348 e. The van der Waals surface area contributed by atoms with Gasteiger partial charge in [-0.15, -0.1) is 11.3 Å². The summed E-state index contributed by atoms with van der Waals surface area (Å²) in [5.74, 6) is -1.13. The van der Waals surface area contributed by atoms with Crippen LogP contribution in [0.4, 0.5) is 5.00 Å². The first-order valence-corrected chi connectivity index (χ1v) is 9.81. The number of amides is 1. The zero-order valence-electron chi connectivity index (χ0n) is 16.4. The summed E-state index contributed by atoms with van der Waals surface area (Å²) < 4.78 is 10.1. The molecular weight excluding hydrogens is 390 g/mol. The zero-order valence-corrected chi connectivity index (χ0v) is 17.2. The molecule has 0 fully saturated rings. The maximum absolute atomic E-state index is 12.3. The van der Waals surface area contributed by atoms with E-state index in [4.69, 9.17) is 9.15 Å². The molecule has 3 aromatic rings. The number of carbonyl (C=O) groups is 3. The summed E-state index contributed by atoms with van der Waals surface area (Å²) in [6.45, 7) is 5.94. The van der Waals surface area contributed by atoms with Crippen LogP contribution in [0.2, 0.25) is 0 Å². The SMILES string of the molecule is CC(C)(C)c1ccc(C(=O)COC(=O)c2ccc(NC(=O)c3ccco3)s2)cc1. The maximum atomic E-state index is 12.3. The van der Waals surface area contributed by atoms with Gasteiger partial charge in [-0.05, 0) is 35.2 Å². The molecule has 2 heterocycles. The lowest BCUT2D eigenvalue weighted by atomic mass is 9.86. The van der Waals surface area contributed by atoms with Gasteiger partial charge in [-0.25, -0.2) is 4.79 Å². The van der Waals surface area contributed by atoms with Crippen LogP contribution in [0.5, 0.6) is 0 Å². The summed E-state index contributed by atoms with van der Waals surface area (Å²) in [5, 5.41) is 3.11. The zero-order chi connectivity index (χ0) is 21.0. The first kappa shape index (κ1) is 20.5. The normalized spacial score (nSPS) is 11.1. The van der Waals surface area contributed by atoms with Gasteiger partial charge >= 0.3 is 5.97 Å². The Hall–Kier alpha value is -3.19. The van der Waals surface area contributed by atoms with Gasteiger partial charge in [0.1, 0.15) is 4.88 Å². The molecule has 0 atom stereocenters. The Morgan fingerprint density at radius 3 is 2.38 bits per heavy atom. The lowest BCUT2D eigenvalue weighted by Crippen LogP contribution is -2.15. The number of ether oxygens (including phenoxy) is 1. The van der Waals surface area contributed by atoms with Gasteiger partial charge in [0.2, 0.25) is 0 Å². The minimum Gasteiger partial charge on any atom is -0.459 e. The van der Waals surface area contributed by atoms with Crippen molar-refractivity contribution in [2.75, 3.05) is 11.9 Å². The number of ketones is 1. The van der Waals surface area contributed by atoms with Crippen molar-refractivity contribution in [3.05, 3.63) is 76.6 Å². The van der Waals surface area contributed by atoms with E-state index in [9.17, 15) is 14.4 Å². The molecule has 150 valence electrons. The van der Waals surface area contributed by atoms with Gasteiger partial charge in [-0.2, -0.15) is 0 Å². The molecule has 0 saturated heterocycles. The Morgan fingerprint density at radius 1 is 1.03 bits per heavy atom. The van der Waals surface area contributed by atoms with Crippen LogP contribution in [-0.2, 0) is 10.2 Å². The Kier molecular flexibility index (Phi) is 5.98. The van der Waals surface area contributed by atoms with Crippen molar-refractivity contribution in [3.8, 4) is 0 Å². The van der Waals surface area contributed by atoms with Gasteiger partial charge in [0.15, 0.2) is 18.2 Å². The number of rotatable bonds is 6. The Morgan fingerprint density at radius 2 is 1.76 bits per heavy atom. The fourth-order valence-electron chi connectivity index (χ4n) is 2.54. The number of esters is 1. The second kappa shape index (κ2) is 8.45. The van der Waals surface area contributed by atoms with Crippen LogP contribution in [0.1, 0.15) is 56.9 Å². The predicted molar refractivity (Wildman–Crippen MR) is 111 cm³/mol. The van der Waals surface area contributed by atoms with E-state index in [2.05, 4.69) is 26.1 Å². The molecule has 0 bridgehead atoms. The third-order valence-corrected chi connectivity index (χ3v) is 5.18. The topological polar surface area (TPSA) is 85.6 Å². The Balaban J connectivity index is 1.55. The van der Waals surface area contributed by atoms with Crippen LogP contribution in [0.3, 0.4) is 0 Å². The number of nitrogens with one attached hydrogen (secondary N) is 1. The number of hydrogen-bond acceptors (Lipinski definition) is 6. The van der Waals surface area contributed by atoms with E-state index >= 15 is 0 Å². The first-order chi connectivity index (χ1) is 13.7. The lowest BCUT2D eigenvalue weighted by molar-refractivity contribution is 0.0479. The molecule has 0 spiro atoms. The van der Waals surface area contributed by atoms with Gasteiger partial charge < -0.3 is 14.5 Å². The first-order valence-electron chi connectivity index (χ1n) is 8.99. The summed E-state index contributed by atoms with van der Waals surface area (Å²) in [5.41, 5.74) is 1.61. The van der Waals surface area contributed by atoms with E-state index < -0.39 is 11.9 Å². The Bertz CT molecular complexity index is 1010. The molecule has 0 unspecified atom stereocenters. The fraction of sp³-hybridized carbons (Fsp3) is 0.227. The van der Waals surface area contributed by atoms with Gasteiger partial charge in [-0.1, -0.05) is 45.0 Å². The number of anilines is 1. The van der Waals surface area contributed by atoms with Crippen LogP contribution in [-0.4, -0.2) is 24.3 Å². The molecule has 7 heteroatoms. The van der Waals surface area contributed by atoms with E-state index in [1.807, 2.05) is 12.1 Å². The predicted octanol–water partition coefficient (Wildman–Crippen LogP) is 4.93. The van der Waals surface area contributed by atoms with E-state index in [1.54, 1.807) is 24.3 Å². The second-order valence-electron chi connectivity index (χ2n) is 7.42. The molecule has 1 N–H and O–H groups in total. The highest BCUT2D eigenvalue weighted by molar-refractivity contribution is 7.18. The molecular formula is C22H21NO5S. The molecule has 6 nitrogen and oxygen atoms in total. The highest BCUT2D eigenvalue weighted by Crippen LogP contribution is 2.24. The van der Waals surface area contributed by atoms with Crippen molar-refractivity contribution in [2.24, 2.45) is 0 Å². The van der Waals surface area contributed by atoms with E-state index in [0.717, 1.165) is 16.9 Å². The van der Waals surface area contributed by atoms with Crippen molar-refractivity contribution in [2.45, 2.75) is 26.2 Å². The summed E-state index contributed by atoms with van der Waals surface area (Å²) in [6, 6.07) is 13.6. The lowest BCUT2D eigenvalue weighted by Gasteiger charge is -2.18. The van der Waals surface area contributed by atoms with Gasteiger partial charge in [-0.3, -0.25) is 9.59 Å².